The van der Waals surface area contributed by atoms with Gasteiger partial charge in [-0.1, -0.05) is 41.4 Å². The average Bonchev–Trinajstić information content (AvgIpc) is 2.80. The van der Waals surface area contributed by atoms with Crippen molar-refractivity contribution in [1.29, 1.82) is 0 Å². The normalized spacial score (nSPS) is 11.3. The number of benzene rings is 1. The maximum Gasteiger partial charge on any atom is 0.0442 e. The first kappa shape index (κ1) is 15.0. The van der Waals surface area contributed by atoms with Crippen molar-refractivity contribution in [2.24, 2.45) is 0 Å². The van der Waals surface area contributed by atoms with E-state index in [9.17, 15) is 0 Å². The van der Waals surface area contributed by atoms with Gasteiger partial charge in [0.2, 0.25) is 0 Å². The Hall–Kier alpha value is -0.350. The van der Waals surface area contributed by atoms with Crippen LogP contribution in [0.4, 0.5) is 0 Å². The lowest BCUT2D eigenvalue weighted by Crippen LogP contribution is -2.21. The molecule has 1 nitrogen and oxygen atoms in total. The Labute approximate surface area is 132 Å². The standard InChI is InChI=1S/C15H17BrClNS/c1-9(2)18-8-11-4-5-15(19-11)12-7-14(17)10(3)6-13(12)16/h4-7,9,18H,8H2,1-3H3. The first-order chi connectivity index (χ1) is 8.97. The zero-order chi connectivity index (χ0) is 14.0. The van der Waals surface area contributed by atoms with Crippen LogP contribution in [0.3, 0.4) is 0 Å². The van der Waals surface area contributed by atoms with Gasteiger partial charge in [0.1, 0.15) is 0 Å². The maximum atomic E-state index is 6.22. The fourth-order valence-corrected chi connectivity index (χ4v) is 3.71. The van der Waals surface area contributed by atoms with Crippen LogP contribution < -0.4 is 5.32 Å². The minimum atomic E-state index is 0.506. The smallest absolute Gasteiger partial charge is 0.0442 e. The van der Waals surface area contributed by atoms with Crippen LogP contribution in [0.1, 0.15) is 24.3 Å². The van der Waals surface area contributed by atoms with Gasteiger partial charge in [0.15, 0.2) is 0 Å². The highest BCUT2D eigenvalue weighted by Crippen LogP contribution is 2.36. The monoisotopic (exact) mass is 357 g/mol. The number of halogens is 2. The summed E-state index contributed by atoms with van der Waals surface area (Å²) in [5.41, 5.74) is 2.26. The molecular weight excluding hydrogens is 342 g/mol. The average molecular weight is 359 g/mol. The summed E-state index contributed by atoms with van der Waals surface area (Å²) in [7, 11) is 0. The fourth-order valence-electron chi connectivity index (χ4n) is 1.76. The van der Waals surface area contributed by atoms with E-state index in [0.717, 1.165) is 27.2 Å². The zero-order valence-corrected chi connectivity index (χ0v) is 14.4. The molecule has 1 heterocycles. The molecule has 0 atom stereocenters. The highest BCUT2D eigenvalue weighted by molar-refractivity contribution is 9.10. The first-order valence-corrected chi connectivity index (χ1v) is 8.24. The summed E-state index contributed by atoms with van der Waals surface area (Å²) < 4.78 is 1.10. The molecule has 0 spiro atoms. The van der Waals surface area contributed by atoms with Crippen molar-refractivity contribution >= 4 is 38.9 Å². The molecular formula is C15H17BrClNS. The van der Waals surface area contributed by atoms with Crippen LogP contribution >= 0.6 is 38.9 Å². The molecule has 0 fully saturated rings. The SMILES string of the molecule is Cc1cc(Br)c(-c2ccc(CNC(C)C)s2)cc1Cl. The van der Waals surface area contributed by atoms with Crippen molar-refractivity contribution in [3.63, 3.8) is 0 Å². The molecule has 1 aromatic heterocycles. The molecule has 0 bridgehead atoms. The molecule has 0 amide bonds. The molecule has 0 aliphatic carbocycles. The van der Waals surface area contributed by atoms with Gasteiger partial charge in [0.25, 0.3) is 0 Å². The molecule has 0 saturated carbocycles. The third-order valence-corrected chi connectivity index (χ3v) is 5.04. The first-order valence-electron chi connectivity index (χ1n) is 6.25. The summed E-state index contributed by atoms with van der Waals surface area (Å²) in [6.07, 6.45) is 0. The highest BCUT2D eigenvalue weighted by Gasteiger charge is 2.09. The molecule has 2 aromatic rings. The number of rotatable bonds is 4. The molecule has 0 aliphatic rings. The second kappa shape index (κ2) is 6.40. The van der Waals surface area contributed by atoms with Crippen molar-refractivity contribution in [2.75, 3.05) is 0 Å². The highest BCUT2D eigenvalue weighted by atomic mass is 79.9. The Morgan fingerprint density at radius 1 is 1.32 bits per heavy atom. The minimum Gasteiger partial charge on any atom is -0.310 e. The van der Waals surface area contributed by atoms with E-state index in [-0.39, 0.29) is 0 Å². The van der Waals surface area contributed by atoms with Gasteiger partial charge < -0.3 is 5.32 Å². The molecule has 0 aliphatic heterocycles. The number of aryl methyl sites for hydroxylation is 1. The van der Waals surface area contributed by atoms with Crippen LogP contribution in [0.5, 0.6) is 0 Å². The molecule has 4 heteroatoms. The van der Waals surface area contributed by atoms with Crippen LogP contribution in [0.2, 0.25) is 5.02 Å². The molecule has 1 aromatic carbocycles. The second-order valence-electron chi connectivity index (χ2n) is 4.88. The molecule has 0 unspecified atom stereocenters. The van der Waals surface area contributed by atoms with E-state index < -0.39 is 0 Å². The Bertz CT molecular complexity index is 578. The van der Waals surface area contributed by atoms with Gasteiger partial charge in [0, 0.05) is 37.4 Å². The van der Waals surface area contributed by atoms with E-state index in [0.29, 0.717) is 6.04 Å². The topological polar surface area (TPSA) is 12.0 Å². The predicted octanol–water partition coefficient (Wildman–Crippen LogP) is 5.64. The van der Waals surface area contributed by atoms with Crippen molar-refractivity contribution < 1.29 is 0 Å². The largest absolute Gasteiger partial charge is 0.310 e. The van der Waals surface area contributed by atoms with E-state index in [1.807, 2.05) is 13.0 Å². The van der Waals surface area contributed by atoms with Crippen molar-refractivity contribution in [3.8, 4) is 10.4 Å². The number of thiophene rings is 1. The lowest BCUT2D eigenvalue weighted by molar-refractivity contribution is 0.593. The van der Waals surface area contributed by atoms with Crippen LogP contribution in [0, 0.1) is 6.92 Å². The number of nitrogens with one attached hydrogen (secondary N) is 1. The summed E-state index contributed by atoms with van der Waals surface area (Å²) in [5, 5.41) is 4.25. The van der Waals surface area contributed by atoms with Crippen LogP contribution in [-0.2, 0) is 6.54 Å². The van der Waals surface area contributed by atoms with E-state index in [2.05, 4.69) is 53.3 Å². The Balaban J connectivity index is 2.25. The molecule has 19 heavy (non-hydrogen) atoms. The Kier molecular flexibility index (Phi) is 5.07. The third kappa shape index (κ3) is 3.82. The molecule has 1 N–H and O–H groups in total. The van der Waals surface area contributed by atoms with Gasteiger partial charge in [0.05, 0.1) is 0 Å². The zero-order valence-electron chi connectivity index (χ0n) is 11.3. The maximum absolute atomic E-state index is 6.22. The van der Waals surface area contributed by atoms with E-state index in [1.54, 1.807) is 11.3 Å². The Morgan fingerprint density at radius 2 is 2.05 bits per heavy atom. The Morgan fingerprint density at radius 3 is 2.74 bits per heavy atom. The van der Waals surface area contributed by atoms with Crippen LogP contribution in [0.25, 0.3) is 10.4 Å². The lowest BCUT2D eigenvalue weighted by atomic mass is 10.1. The molecule has 0 radical (unpaired) electrons. The summed E-state index contributed by atoms with van der Waals surface area (Å²) in [6.45, 7) is 7.25. The van der Waals surface area contributed by atoms with Crippen LogP contribution in [0.15, 0.2) is 28.7 Å². The number of hydrogen-bond donors (Lipinski definition) is 1. The van der Waals surface area contributed by atoms with E-state index >= 15 is 0 Å². The molecule has 102 valence electrons. The third-order valence-electron chi connectivity index (χ3n) is 2.86. The predicted molar refractivity (Wildman–Crippen MR) is 89.2 cm³/mol. The van der Waals surface area contributed by atoms with E-state index in [1.165, 1.54) is 9.75 Å². The quantitative estimate of drug-likeness (QED) is 0.746. The molecule has 0 saturated heterocycles. The van der Waals surface area contributed by atoms with Gasteiger partial charge in [-0.25, -0.2) is 0 Å². The number of hydrogen-bond acceptors (Lipinski definition) is 2. The minimum absolute atomic E-state index is 0.506. The van der Waals surface area contributed by atoms with Gasteiger partial charge in [-0.15, -0.1) is 11.3 Å². The van der Waals surface area contributed by atoms with Crippen LogP contribution in [-0.4, -0.2) is 6.04 Å². The fraction of sp³-hybridized carbons (Fsp3) is 0.333. The molecule has 2 rings (SSSR count). The van der Waals surface area contributed by atoms with E-state index in [4.69, 9.17) is 11.6 Å². The lowest BCUT2D eigenvalue weighted by Gasteiger charge is -2.06. The second-order valence-corrected chi connectivity index (χ2v) is 7.31. The summed E-state index contributed by atoms with van der Waals surface area (Å²) in [5.74, 6) is 0. The summed E-state index contributed by atoms with van der Waals surface area (Å²) in [4.78, 5) is 2.58. The van der Waals surface area contributed by atoms with Crippen molar-refractivity contribution in [2.45, 2.75) is 33.4 Å². The van der Waals surface area contributed by atoms with Gasteiger partial charge in [-0.05, 0) is 36.8 Å². The van der Waals surface area contributed by atoms with Crippen molar-refractivity contribution in [1.82, 2.24) is 5.32 Å². The van der Waals surface area contributed by atoms with Gasteiger partial charge in [-0.3, -0.25) is 0 Å². The summed E-state index contributed by atoms with van der Waals surface area (Å²) >= 11 is 11.6. The van der Waals surface area contributed by atoms with Crippen molar-refractivity contribution in [3.05, 3.63) is 44.2 Å². The van der Waals surface area contributed by atoms with Gasteiger partial charge >= 0.3 is 0 Å². The summed E-state index contributed by atoms with van der Waals surface area (Å²) in [6, 6.07) is 8.95. The van der Waals surface area contributed by atoms with Gasteiger partial charge in [-0.2, -0.15) is 0 Å².